The van der Waals surface area contributed by atoms with E-state index in [9.17, 15) is 8.42 Å². The first-order valence-electron chi connectivity index (χ1n) is 9.34. The zero-order valence-corrected chi connectivity index (χ0v) is 16.8. The first-order valence-corrected chi connectivity index (χ1v) is 10.8. The van der Waals surface area contributed by atoms with Crippen molar-refractivity contribution in [2.45, 2.75) is 25.4 Å². The van der Waals surface area contributed by atoms with Gasteiger partial charge in [0.25, 0.3) is 0 Å². The first kappa shape index (κ1) is 19.6. The van der Waals surface area contributed by atoms with Gasteiger partial charge >= 0.3 is 10.3 Å². The monoisotopic (exact) mass is 417 g/mol. The summed E-state index contributed by atoms with van der Waals surface area (Å²) < 4.78 is 34.6. The van der Waals surface area contributed by atoms with Gasteiger partial charge in [0.2, 0.25) is 0 Å². The molecule has 3 aromatic rings. The molecule has 0 saturated carbocycles. The van der Waals surface area contributed by atoms with Crippen LogP contribution in [-0.4, -0.2) is 57.8 Å². The Bertz CT molecular complexity index is 1090. The SMILES string of the molecule is CN1CCC(n2ncc3c(NCc4ccc(NS(=O)(=O)O)cc4)ncnc32)CC1. The van der Waals surface area contributed by atoms with Crippen molar-refractivity contribution in [3.63, 3.8) is 0 Å². The Hall–Kier alpha value is -2.76. The van der Waals surface area contributed by atoms with Crippen LogP contribution in [0, 0.1) is 0 Å². The highest BCUT2D eigenvalue weighted by Crippen LogP contribution is 2.27. The van der Waals surface area contributed by atoms with Gasteiger partial charge in [0.15, 0.2) is 5.65 Å². The van der Waals surface area contributed by atoms with Crippen LogP contribution < -0.4 is 10.0 Å². The third-order valence-electron chi connectivity index (χ3n) is 5.09. The van der Waals surface area contributed by atoms with Gasteiger partial charge in [-0.05, 0) is 50.7 Å². The third kappa shape index (κ3) is 4.63. The number of nitrogens with zero attached hydrogens (tertiary/aromatic N) is 5. The number of piperidine rings is 1. The van der Waals surface area contributed by atoms with Gasteiger partial charge < -0.3 is 10.2 Å². The van der Waals surface area contributed by atoms with Gasteiger partial charge in [-0.2, -0.15) is 13.5 Å². The second-order valence-electron chi connectivity index (χ2n) is 7.21. The van der Waals surface area contributed by atoms with Crippen molar-refractivity contribution in [1.29, 1.82) is 0 Å². The van der Waals surface area contributed by atoms with Gasteiger partial charge in [0, 0.05) is 6.54 Å². The number of hydrogen-bond acceptors (Lipinski definition) is 7. The molecule has 1 fully saturated rings. The Morgan fingerprint density at radius 1 is 1.17 bits per heavy atom. The minimum atomic E-state index is -4.27. The van der Waals surface area contributed by atoms with Crippen molar-refractivity contribution < 1.29 is 13.0 Å². The average Bonchev–Trinajstić information content (AvgIpc) is 3.12. The summed E-state index contributed by atoms with van der Waals surface area (Å²) in [7, 11) is -2.14. The number of benzene rings is 1. The quantitative estimate of drug-likeness (QED) is 0.520. The van der Waals surface area contributed by atoms with Crippen LogP contribution in [0.1, 0.15) is 24.4 Å². The maximum absolute atomic E-state index is 10.9. The summed E-state index contributed by atoms with van der Waals surface area (Å²) in [6.07, 6.45) is 5.43. The van der Waals surface area contributed by atoms with Crippen LogP contribution in [0.4, 0.5) is 11.5 Å². The van der Waals surface area contributed by atoms with Crippen LogP contribution in [0.5, 0.6) is 0 Å². The topological polar surface area (TPSA) is 125 Å². The number of rotatable bonds is 6. The van der Waals surface area contributed by atoms with E-state index in [0.29, 0.717) is 24.1 Å². The van der Waals surface area contributed by atoms with Crippen molar-refractivity contribution in [3.8, 4) is 0 Å². The van der Waals surface area contributed by atoms with Crippen LogP contribution in [0.25, 0.3) is 11.0 Å². The van der Waals surface area contributed by atoms with Gasteiger partial charge in [-0.25, -0.2) is 14.6 Å². The molecule has 10 nitrogen and oxygen atoms in total. The molecule has 0 amide bonds. The summed E-state index contributed by atoms with van der Waals surface area (Å²) in [5.74, 6) is 0.703. The normalized spacial score (nSPS) is 16.2. The molecule has 0 spiro atoms. The molecule has 0 aliphatic carbocycles. The summed E-state index contributed by atoms with van der Waals surface area (Å²) in [4.78, 5) is 11.1. The first-order chi connectivity index (χ1) is 13.9. The molecule has 0 bridgehead atoms. The molecule has 0 unspecified atom stereocenters. The molecule has 2 aromatic heterocycles. The zero-order chi connectivity index (χ0) is 20.4. The van der Waals surface area contributed by atoms with E-state index >= 15 is 0 Å². The van der Waals surface area contributed by atoms with E-state index in [1.165, 1.54) is 6.33 Å². The Labute approximate surface area is 168 Å². The van der Waals surface area contributed by atoms with Crippen LogP contribution in [0.2, 0.25) is 0 Å². The number of hydrogen-bond donors (Lipinski definition) is 3. The van der Waals surface area contributed by atoms with Crippen molar-refractivity contribution in [3.05, 3.63) is 42.4 Å². The van der Waals surface area contributed by atoms with Crippen molar-refractivity contribution in [2.24, 2.45) is 0 Å². The molecular weight excluding hydrogens is 394 g/mol. The molecule has 154 valence electrons. The highest BCUT2D eigenvalue weighted by Gasteiger charge is 2.21. The van der Waals surface area contributed by atoms with E-state index in [-0.39, 0.29) is 0 Å². The van der Waals surface area contributed by atoms with E-state index in [0.717, 1.165) is 42.5 Å². The molecule has 3 N–H and O–H groups in total. The molecule has 0 atom stereocenters. The van der Waals surface area contributed by atoms with Crippen molar-refractivity contribution >= 4 is 32.8 Å². The Morgan fingerprint density at radius 3 is 2.59 bits per heavy atom. The van der Waals surface area contributed by atoms with E-state index < -0.39 is 10.3 Å². The molecule has 3 heterocycles. The molecule has 1 aliphatic heterocycles. The van der Waals surface area contributed by atoms with Crippen LogP contribution in [0.3, 0.4) is 0 Å². The maximum atomic E-state index is 10.9. The lowest BCUT2D eigenvalue weighted by Crippen LogP contribution is -2.31. The van der Waals surface area contributed by atoms with Gasteiger partial charge in [0.05, 0.1) is 23.3 Å². The molecule has 11 heteroatoms. The maximum Gasteiger partial charge on any atom is 0.357 e. The lowest BCUT2D eigenvalue weighted by atomic mass is 10.1. The number of anilines is 2. The third-order valence-corrected chi connectivity index (χ3v) is 5.58. The summed E-state index contributed by atoms with van der Waals surface area (Å²) in [5.41, 5.74) is 2.05. The lowest BCUT2D eigenvalue weighted by Gasteiger charge is -2.29. The second kappa shape index (κ2) is 7.93. The largest absolute Gasteiger partial charge is 0.365 e. The summed E-state index contributed by atoms with van der Waals surface area (Å²) in [5, 5.41) is 8.74. The van der Waals surface area contributed by atoms with E-state index in [1.54, 1.807) is 30.5 Å². The molecule has 1 aliphatic rings. The summed E-state index contributed by atoms with van der Waals surface area (Å²) >= 11 is 0. The molecule has 29 heavy (non-hydrogen) atoms. The highest BCUT2D eigenvalue weighted by molar-refractivity contribution is 7.87. The molecule has 0 radical (unpaired) electrons. The number of nitrogens with one attached hydrogen (secondary N) is 2. The molecular formula is C18H23N7O3S. The summed E-state index contributed by atoms with van der Waals surface area (Å²) in [6.45, 7) is 2.59. The predicted octanol–water partition coefficient (Wildman–Crippen LogP) is 1.92. The fraction of sp³-hybridized carbons (Fsp3) is 0.389. The van der Waals surface area contributed by atoms with Gasteiger partial charge in [0.1, 0.15) is 12.1 Å². The van der Waals surface area contributed by atoms with Gasteiger partial charge in [-0.15, -0.1) is 0 Å². The van der Waals surface area contributed by atoms with Crippen LogP contribution in [-0.2, 0) is 16.8 Å². The van der Waals surface area contributed by atoms with Crippen molar-refractivity contribution in [1.82, 2.24) is 24.6 Å². The van der Waals surface area contributed by atoms with Crippen LogP contribution >= 0.6 is 0 Å². The molecule has 1 aromatic carbocycles. The van der Waals surface area contributed by atoms with Crippen molar-refractivity contribution in [2.75, 3.05) is 30.2 Å². The minimum absolute atomic E-state index is 0.292. The number of likely N-dealkylation sites (tertiary alicyclic amines) is 1. The Morgan fingerprint density at radius 2 is 1.90 bits per heavy atom. The zero-order valence-electron chi connectivity index (χ0n) is 16.0. The highest BCUT2D eigenvalue weighted by atomic mass is 32.2. The van der Waals surface area contributed by atoms with E-state index in [4.69, 9.17) is 4.55 Å². The average molecular weight is 417 g/mol. The van der Waals surface area contributed by atoms with Gasteiger partial charge in [-0.1, -0.05) is 12.1 Å². The molecule has 1 saturated heterocycles. The minimum Gasteiger partial charge on any atom is -0.365 e. The fourth-order valence-electron chi connectivity index (χ4n) is 3.54. The summed E-state index contributed by atoms with van der Waals surface area (Å²) in [6, 6.07) is 7.04. The number of aromatic nitrogens is 4. The Kier molecular flexibility index (Phi) is 5.35. The smallest absolute Gasteiger partial charge is 0.357 e. The van der Waals surface area contributed by atoms with E-state index in [2.05, 4.69) is 32.3 Å². The second-order valence-corrected chi connectivity index (χ2v) is 8.37. The predicted molar refractivity (Wildman–Crippen MR) is 110 cm³/mol. The number of fused-ring (bicyclic) bond motifs is 1. The van der Waals surface area contributed by atoms with E-state index in [1.807, 2.05) is 9.40 Å². The standard InChI is InChI=1S/C18H23N7O3S/c1-24-8-6-15(7-9-24)25-18-16(11-22-25)17(20-12-21-18)19-10-13-2-4-14(5-3-13)23-29(26,27)28/h2-5,11-12,15,23H,6-10H2,1H3,(H,19,20,21)(H,26,27,28). The Balaban J connectivity index is 1.47. The van der Waals surface area contributed by atoms with Gasteiger partial charge in [-0.3, -0.25) is 9.27 Å². The molecule has 4 rings (SSSR count). The lowest BCUT2D eigenvalue weighted by molar-refractivity contribution is 0.215. The fourth-order valence-corrected chi connectivity index (χ4v) is 3.97. The van der Waals surface area contributed by atoms with Crippen LogP contribution in [0.15, 0.2) is 36.8 Å².